The zero-order valence-electron chi connectivity index (χ0n) is 12.1. The maximum atomic E-state index is 12.2. The van der Waals surface area contributed by atoms with Crippen LogP contribution in [-0.4, -0.2) is 36.9 Å². The minimum atomic E-state index is -3.58. The molecule has 1 aromatic heterocycles. The molecule has 1 aromatic rings. The number of nitrogens with zero attached hydrogens (tertiary/aromatic N) is 1. The summed E-state index contributed by atoms with van der Waals surface area (Å²) in [4.78, 5) is 10.7. The molecule has 2 atom stereocenters. The first kappa shape index (κ1) is 16.0. The molecule has 2 rings (SSSR count). The summed E-state index contributed by atoms with van der Waals surface area (Å²) in [6.07, 6.45) is 1.02. The van der Waals surface area contributed by atoms with Gasteiger partial charge in [-0.3, -0.25) is 0 Å². The zero-order chi connectivity index (χ0) is 15.6. The van der Waals surface area contributed by atoms with Crippen LogP contribution >= 0.6 is 0 Å². The van der Waals surface area contributed by atoms with Gasteiger partial charge < -0.3 is 9.52 Å². The van der Waals surface area contributed by atoms with Gasteiger partial charge in [-0.05, 0) is 30.4 Å². The second-order valence-electron chi connectivity index (χ2n) is 5.66. The van der Waals surface area contributed by atoms with Crippen molar-refractivity contribution in [1.29, 1.82) is 0 Å². The summed E-state index contributed by atoms with van der Waals surface area (Å²) in [5.74, 6) is -0.457. The van der Waals surface area contributed by atoms with E-state index in [1.165, 1.54) is 16.4 Å². The average Bonchev–Trinajstić information content (AvgIpc) is 2.84. The third kappa shape index (κ3) is 4.05. The van der Waals surface area contributed by atoms with E-state index in [9.17, 15) is 13.2 Å². The first-order chi connectivity index (χ1) is 9.78. The molecule has 21 heavy (non-hydrogen) atoms. The van der Waals surface area contributed by atoms with E-state index in [1.807, 2.05) is 13.8 Å². The van der Waals surface area contributed by atoms with E-state index < -0.39 is 16.2 Å². The van der Waals surface area contributed by atoms with Crippen LogP contribution in [0.25, 0.3) is 0 Å². The van der Waals surface area contributed by atoms with Gasteiger partial charge in [-0.15, -0.1) is 0 Å². The summed E-state index contributed by atoms with van der Waals surface area (Å²) in [7, 11) is -3.58. The van der Waals surface area contributed by atoms with E-state index in [2.05, 4.69) is 4.72 Å². The largest absolute Gasteiger partial charge is 0.475 e. The molecule has 2 N–H and O–H groups in total. The van der Waals surface area contributed by atoms with Crippen LogP contribution < -0.4 is 4.72 Å². The van der Waals surface area contributed by atoms with Crippen molar-refractivity contribution in [1.82, 2.24) is 9.03 Å². The molecule has 0 spiro atoms. The number of piperidine rings is 1. The minimum absolute atomic E-state index is 0.0606. The van der Waals surface area contributed by atoms with Crippen molar-refractivity contribution in [2.75, 3.05) is 13.1 Å². The molecule has 0 amide bonds. The third-order valence-electron chi connectivity index (χ3n) is 3.48. The summed E-state index contributed by atoms with van der Waals surface area (Å²) in [6, 6.07) is 2.75. The van der Waals surface area contributed by atoms with Crippen molar-refractivity contribution < 1.29 is 22.7 Å². The molecule has 118 valence electrons. The highest BCUT2D eigenvalue weighted by Gasteiger charge is 2.30. The van der Waals surface area contributed by atoms with Crippen LogP contribution in [0.2, 0.25) is 0 Å². The van der Waals surface area contributed by atoms with Crippen LogP contribution in [-0.2, 0) is 16.8 Å². The predicted molar refractivity (Wildman–Crippen MR) is 75.9 cm³/mol. The Morgan fingerprint density at radius 1 is 1.38 bits per heavy atom. The number of hydrogen-bond donors (Lipinski definition) is 2. The van der Waals surface area contributed by atoms with E-state index in [0.717, 1.165) is 6.42 Å². The van der Waals surface area contributed by atoms with Gasteiger partial charge in [0.05, 0.1) is 6.54 Å². The van der Waals surface area contributed by atoms with Gasteiger partial charge in [0.25, 0.3) is 10.2 Å². The van der Waals surface area contributed by atoms with Crippen molar-refractivity contribution in [2.45, 2.75) is 26.8 Å². The highest BCUT2D eigenvalue weighted by atomic mass is 32.2. The molecule has 0 radical (unpaired) electrons. The van der Waals surface area contributed by atoms with Crippen LogP contribution in [0, 0.1) is 11.8 Å². The van der Waals surface area contributed by atoms with Crippen LogP contribution in [0.4, 0.5) is 0 Å². The molecule has 7 nitrogen and oxygen atoms in total. The monoisotopic (exact) mass is 316 g/mol. The van der Waals surface area contributed by atoms with Crippen LogP contribution in [0.1, 0.15) is 36.6 Å². The van der Waals surface area contributed by atoms with Crippen molar-refractivity contribution in [3.63, 3.8) is 0 Å². The topological polar surface area (TPSA) is 99.9 Å². The standard InChI is InChI=1S/C13H20N2O5S/c1-9-5-10(2)8-15(7-9)21(18,19)14-6-11-3-4-12(20-11)13(16)17/h3-4,9-10,14H,5-8H2,1-2H3,(H,16,17). The minimum Gasteiger partial charge on any atom is -0.475 e. The van der Waals surface area contributed by atoms with E-state index in [-0.39, 0.29) is 18.1 Å². The Labute approximate surface area is 124 Å². The van der Waals surface area contributed by atoms with Gasteiger partial charge >= 0.3 is 5.97 Å². The molecule has 1 aliphatic heterocycles. The number of rotatable bonds is 5. The van der Waals surface area contributed by atoms with E-state index in [4.69, 9.17) is 9.52 Å². The molecule has 0 bridgehead atoms. The summed E-state index contributed by atoms with van der Waals surface area (Å²) >= 11 is 0. The molecular weight excluding hydrogens is 296 g/mol. The lowest BCUT2D eigenvalue weighted by atomic mass is 9.94. The highest BCUT2D eigenvalue weighted by molar-refractivity contribution is 7.87. The summed E-state index contributed by atoms with van der Waals surface area (Å²) in [6.45, 7) is 5.00. The first-order valence-electron chi connectivity index (χ1n) is 6.84. The fraction of sp³-hybridized carbons (Fsp3) is 0.615. The van der Waals surface area contributed by atoms with Gasteiger partial charge in [0, 0.05) is 13.1 Å². The number of carbonyl (C=O) groups is 1. The summed E-state index contributed by atoms with van der Waals surface area (Å²) < 4.78 is 33.4. The second kappa shape index (κ2) is 6.17. The molecule has 0 aromatic carbocycles. The van der Waals surface area contributed by atoms with Crippen molar-refractivity contribution in [3.8, 4) is 0 Å². The summed E-state index contributed by atoms with van der Waals surface area (Å²) in [5, 5.41) is 8.75. The molecule has 1 aliphatic rings. The Kier molecular flexibility index (Phi) is 4.70. The van der Waals surface area contributed by atoms with E-state index in [0.29, 0.717) is 24.9 Å². The average molecular weight is 316 g/mol. The molecule has 1 saturated heterocycles. The van der Waals surface area contributed by atoms with E-state index >= 15 is 0 Å². The van der Waals surface area contributed by atoms with Crippen molar-refractivity contribution >= 4 is 16.2 Å². The number of hydrogen-bond acceptors (Lipinski definition) is 4. The predicted octanol–water partition coefficient (Wildman–Crippen LogP) is 1.29. The second-order valence-corrected chi connectivity index (χ2v) is 7.42. The third-order valence-corrected chi connectivity index (χ3v) is 4.96. The smallest absolute Gasteiger partial charge is 0.371 e. The number of carboxylic acid groups (broad SMARTS) is 1. The van der Waals surface area contributed by atoms with Crippen molar-refractivity contribution in [2.24, 2.45) is 11.8 Å². The van der Waals surface area contributed by atoms with Gasteiger partial charge in [0.1, 0.15) is 5.76 Å². The number of aromatic carboxylic acids is 1. The Morgan fingerprint density at radius 3 is 2.52 bits per heavy atom. The lowest BCUT2D eigenvalue weighted by Crippen LogP contribution is -2.47. The Bertz CT molecular complexity index is 600. The van der Waals surface area contributed by atoms with Crippen LogP contribution in [0.5, 0.6) is 0 Å². The van der Waals surface area contributed by atoms with Crippen LogP contribution in [0.3, 0.4) is 0 Å². The molecule has 2 unspecified atom stereocenters. The summed E-state index contributed by atoms with van der Waals surface area (Å²) in [5.41, 5.74) is 0. The van der Waals surface area contributed by atoms with Crippen LogP contribution in [0.15, 0.2) is 16.5 Å². The first-order valence-corrected chi connectivity index (χ1v) is 8.28. The normalized spacial score (nSPS) is 24.1. The van der Waals surface area contributed by atoms with E-state index in [1.54, 1.807) is 0 Å². The van der Waals surface area contributed by atoms with Gasteiger partial charge in [-0.25, -0.2) is 4.79 Å². The molecule has 2 heterocycles. The number of furan rings is 1. The Hall–Kier alpha value is -1.38. The maximum Gasteiger partial charge on any atom is 0.371 e. The SMILES string of the molecule is CC1CC(C)CN(S(=O)(=O)NCc2ccc(C(=O)O)o2)C1. The molecule has 0 aliphatic carbocycles. The van der Waals surface area contributed by atoms with Gasteiger partial charge in [-0.1, -0.05) is 13.8 Å². The van der Waals surface area contributed by atoms with Crippen molar-refractivity contribution in [3.05, 3.63) is 23.7 Å². The fourth-order valence-electron chi connectivity index (χ4n) is 2.64. The maximum absolute atomic E-state index is 12.2. The van der Waals surface area contributed by atoms with Gasteiger partial charge in [-0.2, -0.15) is 17.4 Å². The molecule has 8 heteroatoms. The number of nitrogens with one attached hydrogen (secondary N) is 1. The van der Waals surface area contributed by atoms with Gasteiger partial charge in [0.2, 0.25) is 5.76 Å². The number of carboxylic acids is 1. The highest BCUT2D eigenvalue weighted by Crippen LogP contribution is 2.22. The quantitative estimate of drug-likeness (QED) is 0.852. The zero-order valence-corrected chi connectivity index (χ0v) is 12.9. The lowest BCUT2D eigenvalue weighted by Gasteiger charge is -2.33. The Morgan fingerprint density at radius 2 is 2.00 bits per heavy atom. The molecule has 0 saturated carbocycles. The molecule has 1 fully saturated rings. The Balaban J connectivity index is 1.98. The lowest BCUT2D eigenvalue weighted by molar-refractivity contribution is 0.0660. The van der Waals surface area contributed by atoms with Gasteiger partial charge in [0.15, 0.2) is 0 Å². The molecular formula is C13H20N2O5S. The fourth-order valence-corrected chi connectivity index (χ4v) is 4.05.